The zero-order valence-corrected chi connectivity index (χ0v) is 25.2. The van der Waals surface area contributed by atoms with Gasteiger partial charge in [-0.1, -0.05) is 27.7 Å². The largest absolute Gasteiger partial charge is 0.393 e. The highest BCUT2D eigenvalue weighted by Crippen LogP contribution is 2.68. The van der Waals surface area contributed by atoms with Crippen molar-refractivity contribution in [3.63, 3.8) is 0 Å². The van der Waals surface area contributed by atoms with Crippen molar-refractivity contribution < 1.29 is 20.1 Å². The van der Waals surface area contributed by atoms with Crippen LogP contribution < -0.4 is 5.32 Å². The third-order valence-corrected chi connectivity index (χ3v) is 13.0. The fourth-order valence-corrected chi connectivity index (χ4v) is 10.5. The molecule has 1 heterocycles. The summed E-state index contributed by atoms with van der Waals surface area (Å²) in [5, 5.41) is 36.7. The number of nitrogens with zero attached hydrogens (tertiary/aromatic N) is 2. The van der Waals surface area contributed by atoms with Gasteiger partial charge >= 0.3 is 0 Å². The number of rotatable bonds is 8. The average molecular weight is 548 g/mol. The SMILES string of the molecule is CCN1CCN(CCNC(=O)CC[C@@H](C)[C@H]2CCC3C4C(C[C@H](O)[C@@]32C)[C@@]2(C)CC[C@@H](O)CC2C[C@H]4O)CC1. The van der Waals surface area contributed by atoms with Crippen molar-refractivity contribution in [2.24, 2.45) is 46.3 Å². The molecule has 1 amide bonds. The zero-order chi connectivity index (χ0) is 27.9. The monoisotopic (exact) mass is 547 g/mol. The van der Waals surface area contributed by atoms with Gasteiger partial charge in [0, 0.05) is 45.7 Å². The number of piperazine rings is 1. The first-order valence-corrected chi connectivity index (χ1v) is 16.3. The first-order valence-electron chi connectivity index (χ1n) is 16.3. The molecule has 224 valence electrons. The van der Waals surface area contributed by atoms with E-state index in [1.807, 2.05) is 0 Å². The molecule has 0 spiro atoms. The highest BCUT2D eigenvalue weighted by atomic mass is 16.3. The lowest BCUT2D eigenvalue weighted by Gasteiger charge is -2.63. The van der Waals surface area contributed by atoms with E-state index in [-0.39, 0.29) is 41.0 Å². The van der Waals surface area contributed by atoms with E-state index >= 15 is 0 Å². The van der Waals surface area contributed by atoms with Crippen molar-refractivity contribution in [3.05, 3.63) is 0 Å². The van der Waals surface area contributed by atoms with Crippen molar-refractivity contribution in [2.75, 3.05) is 45.8 Å². The van der Waals surface area contributed by atoms with E-state index in [9.17, 15) is 20.1 Å². The molecular weight excluding hydrogens is 490 g/mol. The summed E-state index contributed by atoms with van der Waals surface area (Å²) in [6.07, 6.45) is 6.84. The normalized spacial score (nSPS) is 45.7. The molecule has 7 nitrogen and oxygen atoms in total. The van der Waals surface area contributed by atoms with Crippen molar-refractivity contribution in [3.8, 4) is 0 Å². The number of carbonyl (C=O) groups excluding carboxylic acids is 1. The second-order valence-corrected chi connectivity index (χ2v) is 14.7. The summed E-state index contributed by atoms with van der Waals surface area (Å²) >= 11 is 0. The Labute approximate surface area is 237 Å². The van der Waals surface area contributed by atoms with Crippen LogP contribution >= 0.6 is 0 Å². The Kier molecular flexibility index (Phi) is 9.05. The summed E-state index contributed by atoms with van der Waals surface area (Å²) in [5.74, 6) is 2.16. The average Bonchev–Trinajstić information content (AvgIpc) is 3.28. The van der Waals surface area contributed by atoms with E-state index in [0.29, 0.717) is 36.0 Å². The number of nitrogens with one attached hydrogen (secondary N) is 1. The topological polar surface area (TPSA) is 96.3 Å². The first kappa shape index (κ1) is 29.8. The maximum Gasteiger partial charge on any atom is 0.220 e. The van der Waals surface area contributed by atoms with Gasteiger partial charge in [-0.25, -0.2) is 0 Å². The predicted molar refractivity (Wildman–Crippen MR) is 154 cm³/mol. The summed E-state index contributed by atoms with van der Waals surface area (Å²) < 4.78 is 0. The molecule has 4 aliphatic carbocycles. The molecule has 4 saturated carbocycles. The molecule has 1 saturated heterocycles. The van der Waals surface area contributed by atoms with E-state index in [4.69, 9.17) is 0 Å². The zero-order valence-electron chi connectivity index (χ0n) is 25.2. The van der Waals surface area contributed by atoms with Gasteiger partial charge in [-0.05, 0) is 104 Å². The fourth-order valence-electron chi connectivity index (χ4n) is 10.5. The molecular formula is C32H57N3O4. The summed E-state index contributed by atoms with van der Waals surface area (Å²) in [6.45, 7) is 16.4. The molecule has 0 aromatic carbocycles. The highest BCUT2D eigenvalue weighted by Gasteiger charge is 2.65. The van der Waals surface area contributed by atoms with Crippen LogP contribution in [0.5, 0.6) is 0 Å². The van der Waals surface area contributed by atoms with Crippen LogP contribution in [0, 0.1) is 46.3 Å². The molecule has 0 radical (unpaired) electrons. The van der Waals surface area contributed by atoms with E-state index in [1.54, 1.807) is 0 Å². The van der Waals surface area contributed by atoms with Crippen LogP contribution in [0.15, 0.2) is 0 Å². The maximum atomic E-state index is 12.7. The summed E-state index contributed by atoms with van der Waals surface area (Å²) in [7, 11) is 0. The van der Waals surface area contributed by atoms with Crippen molar-refractivity contribution in [2.45, 2.75) is 104 Å². The number of hydrogen-bond acceptors (Lipinski definition) is 6. The van der Waals surface area contributed by atoms with E-state index in [1.165, 1.54) is 0 Å². The Bertz CT molecular complexity index is 849. The molecule has 1 aliphatic heterocycles. The van der Waals surface area contributed by atoms with Gasteiger partial charge in [0.15, 0.2) is 0 Å². The van der Waals surface area contributed by atoms with Crippen LogP contribution in [0.1, 0.15) is 85.5 Å². The summed E-state index contributed by atoms with van der Waals surface area (Å²) in [6, 6.07) is 0. The quantitative estimate of drug-likeness (QED) is 0.373. The first-order chi connectivity index (χ1) is 18.6. The van der Waals surface area contributed by atoms with Crippen molar-refractivity contribution in [1.29, 1.82) is 0 Å². The third-order valence-electron chi connectivity index (χ3n) is 13.0. The Morgan fingerprint density at radius 3 is 2.41 bits per heavy atom. The van der Waals surface area contributed by atoms with Gasteiger partial charge in [-0.2, -0.15) is 0 Å². The number of hydrogen-bond donors (Lipinski definition) is 4. The van der Waals surface area contributed by atoms with Gasteiger partial charge in [0.05, 0.1) is 18.3 Å². The summed E-state index contributed by atoms with van der Waals surface area (Å²) in [5.41, 5.74) is -0.0904. The standard InChI is InChI=1S/C32H57N3O4/c1-5-34-14-16-35(17-15-34)13-12-33-29(39)9-6-21(2)24-7-8-25-30-26(20-28(38)32(24,25)4)31(3)11-10-23(36)18-22(31)19-27(30)37/h21-28,30,36-38H,5-20H2,1-4H3,(H,33,39)/t21-,22?,23-,24-,25?,26?,27-,28+,30?,31+,32-/m1/s1. The van der Waals surface area contributed by atoms with Gasteiger partial charge < -0.3 is 25.5 Å². The lowest BCUT2D eigenvalue weighted by Crippen LogP contribution is -2.62. The Morgan fingerprint density at radius 2 is 1.69 bits per heavy atom. The lowest BCUT2D eigenvalue weighted by atomic mass is 9.43. The maximum absolute atomic E-state index is 12.7. The number of amides is 1. The lowest BCUT2D eigenvalue weighted by molar-refractivity contribution is -0.207. The molecule has 4 N–H and O–H groups in total. The predicted octanol–water partition coefficient (Wildman–Crippen LogP) is 3.12. The van der Waals surface area contributed by atoms with E-state index in [0.717, 1.165) is 97.2 Å². The summed E-state index contributed by atoms with van der Waals surface area (Å²) in [4.78, 5) is 17.6. The molecule has 5 rings (SSSR count). The number of aliphatic hydroxyl groups is 3. The molecule has 39 heavy (non-hydrogen) atoms. The smallest absolute Gasteiger partial charge is 0.220 e. The number of aliphatic hydroxyl groups excluding tert-OH is 3. The van der Waals surface area contributed by atoms with Crippen LogP contribution in [-0.2, 0) is 4.79 Å². The molecule has 11 atom stereocenters. The molecule has 0 aromatic rings. The van der Waals surface area contributed by atoms with E-state index in [2.05, 4.69) is 42.8 Å². The van der Waals surface area contributed by atoms with Crippen LogP contribution in [0.4, 0.5) is 0 Å². The second kappa shape index (κ2) is 11.9. The molecule has 0 bridgehead atoms. The highest BCUT2D eigenvalue weighted by molar-refractivity contribution is 5.75. The van der Waals surface area contributed by atoms with Crippen LogP contribution in [-0.4, -0.2) is 95.2 Å². The molecule has 5 fully saturated rings. The molecule has 0 aromatic heterocycles. The Morgan fingerprint density at radius 1 is 0.974 bits per heavy atom. The minimum Gasteiger partial charge on any atom is -0.393 e. The third kappa shape index (κ3) is 5.57. The number of fused-ring (bicyclic) bond motifs is 5. The molecule has 7 heteroatoms. The molecule has 4 unspecified atom stereocenters. The number of carbonyl (C=O) groups is 1. The van der Waals surface area contributed by atoms with Gasteiger partial charge in [0.1, 0.15) is 0 Å². The van der Waals surface area contributed by atoms with Crippen LogP contribution in [0.3, 0.4) is 0 Å². The van der Waals surface area contributed by atoms with Gasteiger partial charge in [-0.3, -0.25) is 9.69 Å². The van der Waals surface area contributed by atoms with Gasteiger partial charge in [0.25, 0.3) is 0 Å². The minimum atomic E-state index is -0.365. The van der Waals surface area contributed by atoms with Crippen LogP contribution in [0.2, 0.25) is 0 Å². The van der Waals surface area contributed by atoms with Crippen LogP contribution in [0.25, 0.3) is 0 Å². The number of likely N-dealkylation sites (N-methyl/N-ethyl adjacent to an activating group) is 1. The van der Waals surface area contributed by atoms with E-state index < -0.39 is 0 Å². The van der Waals surface area contributed by atoms with Gasteiger partial charge in [-0.15, -0.1) is 0 Å². The van der Waals surface area contributed by atoms with Crippen molar-refractivity contribution >= 4 is 5.91 Å². The molecule has 5 aliphatic rings. The Hall–Kier alpha value is -0.730. The minimum absolute atomic E-state index is 0.108. The van der Waals surface area contributed by atoms with Gasteiger partial charge in [0.2, 0.25) is 5.91 Å². The van der Waals surface area contributed by atoms with Crippen molar-refractivity contribution in [1.82, 2.24) is 15.1 Å². The fraction of sp³-hybridized carbons (Fsp3) is 0.969. The Balaban J connectivity index is 1.15. The second-order valence-electron chi connectivity index (χ2n) is 14.7.